The van der Waals surface area contributed by atoms with E-state index in [1.165, 1.54) is 31.5 Å². The third kappa shape index (κ3) is 4.81. The Morgan fingerprint density at radius 2 is 1.90 bits per heavy atom. The molecule has 1 saturated heterocycles. The van der Waals surface area contributed by atoms with E-state index in [-0.39, 0.29) is 28.7 Å². The van der Waals surface area contributed by atoms with Crippen LogP contribution in [0.5, 0.6) is 11.5 Å². The Morgan fingerprint density at radius 1 is 1.17 bits per heavy atom. The molecule has 156 valence electrons. The van der Waals surface area contributed by atoms with Crippen LogP contribution >= 0.6 is 0 Å². The topological polar surface area (TPSA) is 41.8 Å². The minimum Gasteiger partial charge on any atom is -1.00 e. The summed E-state index contributed by atoms with van der Waals surface area (Å²) in [5, 5.41) is 0. The molecule has 0 saturated carbocycles. The van der Waals surface area contributed by atoms with E-state index in [1.54, 1.807) is 14.2 Å². The molecule has 29 heavy (non-hydrogen) atoms. The predicted molar refractivity (Wildman–Crippen MR) is 110 cm³/mol. The molecular formula is C23H29BrN2O3. The van der Waals surface area contributed by atoms with Gasteiger partial charge in [-0.3, -0.25) is 9.69 Å². The summed E-state index contributed by atoms with van der Waals surface area (Å²) in [5.74, 6) is 1.37. The van der Waals surface area contributed by atoms with Crippen molar-refractivity contribution in [2.45, 2.75) is 25.7 Å². The van der Waals surface area contributed by atoms with E-state index in [2.05, 4.69) is 34.0 Å². The first-order valence-electron chi connectivity index (χ1n) is 10.2. The van der Waals surface area contributed by atoms with Gasteiger partial charge in [-0.2, -0.15) is 0 Å². The number of carbonyl (C=O) groups is 1. The maximum atomic E-state index is 12.9. The second kappa shape index (κ2) is 9.72. The van der Waals surface area contributed by atoms with Gasteiger partial charge in [0.25, 0.3) is 0 Å². The fraction of sp³-hybridized carbons (Fsp3) is 0.478. The molecule has 1 aromatic rings. The molecule has 1 aromatic carbocycles. The van der Waals surface area contributed by atoms with Gasteiger partial charge < -0.3 is 26.5 Å². The third-order valence-electron chi connectivity index (χ3n) is 5.98. The monoisotopic (exact) mass is 460 g/mol. The zero-order chi connectivity index (χ0) is 19.5. The Balaban J connectivity index is 0.00000240. The van der Waals surface area contributed by atoms with Crippen molar-refractivity contribution in [2.24, 2.45) is 5.92 Å². The first kappa shape index (κ1) is 21.8. The molecule has 0 aromatic heterocycles. The Morgan fingerprint density at radius 3 is 2.55 bits per heavy atom. The molecule has 0 N–H and O–H groups in total. The van der Waals surface area contributed by atoms with E-state index in [1.807, 2.05) is 12.1 Å². The SMILES string of the molecule is COc1cc2c(cc1OC)C(=O)C(C=C1C=C[N+](CCN3CCCC3)=CC1)C2.[Br-]. The molecule has 0 radical (unpaired) electrons. The van der Waals surface area contributed by atoms with E-state index in [9.17, 15) is 4.79 Å². The van der Waals surface area contributed by atoms with Crippen LogP contribution in [0.4, 0.5) is 0 Å². The average Bonchev–Trinajstić information content (AvgIpc) is 3.35. The van der Waals surface area contributed by atoms with Crippen LogP contribution in [-0.2, 0) is 6.42 Å². The summed E-state index contributed by atoms with van der Waals surface area (Å²) in [6.07, 6.45) is 12.9. The van der Waals surface area contributed by atoms with Crippen LogP contribution in [-0.4, -0.2) is 61.9 Å². The quantitative estimate of drug-likeness (QED) is 0.564. The highest BCUT2D eigenvalue weighted by molar-refractivity contribution is 6.04. The maximum absolute atomic E-state index is 12.9. The van der Waals surface area contributed by atoms with Crippen LogP contribution in [0.2, 0.25) is 0 Å². The van der Waals surface area contributed by atoms with E-state index in [4.69, 9.17) is 9.47 Å². The van der Waals surface area contributed by atoms with Crippen LogP contribution in [0.25, 0.3) is 0 Å². The molecule has 1 aliphatic carbocycles. The lowest BCUT2D eigenvalue weighted by Gasteiger charge is -2.13. The number of hydrogen-bond acceptors (Lipinski definition) is 4. The van der Waals surface area contributed by atoms with Gasteiger partial charge >= 0.3 is 0 Å². The lowest BCUT2D eigenvalue weighted by molar-refractivity contribution is -0.454. The summed E-state index contributed by atoms with van der Waals surface area (Å²) in [6, 6.07) is 3.76. The zero-order valence-electron chi connectivity index (χ0n) is 17.2. The number of allylic oxidation sites excluding steroid dienone is 3. The molecule has 0 spiro atoms. The van der Waals surface area contributed by atoms with E-state index < -0.39 is 0 Å². The molecule has 1 unspecified atom stereocenters. The molecule has 5 nitrogen and oxygen atoms in total. The number of rotatable bonds is 6. The summed E-state index contributed by atoms with van der Waals surface area (Å²) in [4.78, 5) is 15.4. The molecule has 0 amide bonds. The van der Waals surface area contributed by atoms with Crippen molar-refractivity contribution in [1.29, 1.82) is 0 Å². The Labute approximate surface area is 183 Å². The van der Waals surface area contributed by atoms with Gasteiger partial charge in [0.1, 0.15) is 6.21 Å². The summed E-state index contributed by atoms with van der Waals surface area (Å²) in [6.45, 7) is 4.64. The maximum Gasteiger partial charge on any atom is 0.170 e. The van der Waals surface area contributed by atoms with Crippen molar-refractivity contribution in [3.8, 4) is 11.5 Å². The Kier molecular flexibility index (Phi) is 7.30. The molecule has 2 heterocycles. The summed E-state index contributed by atoms with van der Waals surface area (Å²) < 4.78 is 13.0. The van der Waals surface area contributed by atoms with Crippen LogP contribution in [0.15, 0.2) is 36.1 Å². The number of ether oxygens (including phenoxy) is 2. The van der Waals surface area contributed by atoms with Crippen LogP contribution in [0.1, 0.15) is 35.2 Å². The van der Waals surface area contributed by atoms with Crippen molar-refractivity contribution >= 4 is 12.0 Å². The van der Waals surface area contributed by atoms with E-state index in [0.29, 0.717) is 11.5 Å². The number of methoxy groups -OCH3 is 2. The highest BCUT2D eigenvalue weighted by Crippen LogP contribution is 2.37. The fourth-order valence-corrected chi connectivity index (χ4v) is 4.34. The fourth-order valence-electron chi connectivity index (χ4n) is 4.34. The van der Waals surface area contributed by atoms with Crippen molar-refractivity contribution in [3.63, 3.8) is 0 Å². The molecule has 2 aliphatic heterocycles. The standard InChI is InChI=1S/C23H29N2O3.BrH/c1-27-21-15-18-14-19(23(26)20(18)16-22(21)28-2)13-17-5-9-25(10-6-17)12-11-24-7-3-4-8-24;/h5,9-10,13,15-16,19H,3-4,6-8,11-12,14H2,1-2H3;1H/q+1;/p-1. The van der Waals surface area contributed by atoms with Crippen molar-refractivity contribution in [1.82, 2.24) is 4.90 Å². The van der Waals surface area contributed by atoms with E-state index >= 15 is 0 Å². The van der Waals surface area contributed by atoms with E-state index in [0.717, 1.165) is 37.1 Å². The smallest absolute Gasteiger partial charge is 0.170 e. The number of halogens is 1. The lowest BCUT2D eigenvalue weighted by atomic mass is 9.99. The lowest BCUT2D eigenvalue weighted by Crippen LogP contribution is -3.00. The number of benzene rings is 1. The number of fused-ring (bicyclic) bond motifs is 1. The summed E-state index contributed by atoms with van der Waals surface area (Å²) in [7, 11) is 3.22. The highest BCUT2D eigenvalue weighted by atomic mass is 79.9. The molecule has 0 bridgehead atoms. The molecule has 3 aliphatic rings. The number of ketones is 1. The van der Waals surface area contributed by atoms with Gasteiger partial charge in [0, 0.05) is 17.6 Å². The molecule has 6 heteroatoms. The second-order valence-electron chi connectivity index (χ2n) is 7.77. The number of hydrogen-bond donors (Lipinski definition) is 0. The third-order valence-corrected chi connectivity index (χ3v) is 5.98. The highest BCUT2D eigenvalue weighted by Gasteiger charge is 2.31. The summed E-state index contributed by atoms with van der Waals surface area (Å²) in [5.41, 5.74) is 3.01. The first-order chi connectivity index (χ1) is 13.7. The van der Waals surface area contributed by atoms with Gasteiger partial charge in [-0.05, 0) is 55.6 Å². The first-order valence-corrected chi connectivity index (χ1v) is 10.2. The molecule has 4 rings (SSSR count). The molecule has 1 fully saturated rings. The van der Waals surface area contributed by atoms with Gasteiger partial charge in [-0.1, -0.05) is 6.08 Å². The van der Waals surface area contributed by atoms with Gasteiger partial charge in [0.15, 0.2) is 30.0 Å². The van der Waals surface area contributed by atoms with Crippen molar-refractivity contribution in [2.75, 3.05) is 40.4 Å². The minimum atomic E-state index is -0.101. The number of carbonyl (C=O) groups excluding carboxylic acids is 1. The van der Waals surface area contributed by atoms with Gasteiger partial charge in [0.05, 0.1) is 27.2 Å². The van der Waals surface area contributed by atoms with Crippen LogP contribution in [0.3, 0.4) is 0 Å². The Bertz CT molecular complexity index is 854. The minimum absolute atomic E-state index is 0. The predicted octanol–water partition coefficient (Wildman–Crippen LogP) is 0.0857. The van der Waals surface area contributed by atoms with Gasteiger partial charge in [-0.25, -0.2) is 4.58 Å². The van der Waals surface area contributed by atoms with Gasteiger partial charge in [0.2, 0.25) is 0 Å². The number of likely N-dealkylation sites (tertiary alicyclic amines) is 1. The second-order valence-corrected chi connectivity index (χ2v) is 7.77. The molecular weight excluding hydrogens is 432 g/mol. The normalized spacial score (nSPS) is 22.4. The summed E-state index contributed by atoms with van der Waals surface area (Å²) >= 11 is 0. The zero-order valence-corrected chi connectivity index (χ0v) is 18.8. The van der Waals surface area contributed by atoms with Crippen molar-refractivity contribution < 1.29 is 35.8 Å². The average molecular weight is 461 g/mol. The Hall–Kier alpha value is -1.92. The largest absolute Gasteiger partial charge is 1.00 e. The number of Topliss-reactive ketones (excluding diaryl/α,β-unsaturated/α-hetero) is 1. The van der Waals surface area contributed by atoms with Crippen molar-refractivity contribution in [3.05, 3.63) is 47.2 Å². The van der Waals surface area contributed by atoms with Crippen LogP contribution < -0.4 is 26.5 Å². The van der Waals surface area contributed by atoms with Crippen LogP contribution in [0, 0.1) is 5.92 Å². The number of nitrogens with zero attached hydrogens (tertiary/aromatic N) is 2. The molecule has 1 atom stereocenters. The van der Waals surface area contributed by atoms with Gasteiger partial charge in [-0.15, -0.1) is 0 Å².